The van der Waals surface area contributed by atoms with Crippen molar-refractivity contribution < 1.29 is 4.74 Å². The van der Waals surface area contributed by atoms with E-state index in [4.69, 9.17) is 16.3 Å². The summed E-state index contributed by atoms with van der Waals surface area (Å²) in [6.45, 7) is 4.41. The number of thioether (sulfide) groups is 1. The van der Waals surface area contributed by atoms with Gasteiger partial charge in [-0.1, -0.05) is 18.2 Å². The lowest BCUT2D eigenvalue weighted by Crippen LogP contribution is -2.44. The van der Waals surface area contributed by atoms with E-state index in [0.29, 0.717) is 11.3 Å². The predicted molar refractivity (Wildman–Crippen MR) is 90.7 cm³/mol. The second kappa shape index (κ2) is 7.31. The lowest BCUT2D eigenvalue weighted by atomic mass is 10.2. The normalized spacial score (nSPS) is 18.5. The number of hydrogen-bond donors (Lipinski definition) is 0. The molecule has 0 bridgehead atoms. The number of anilines is 1. The van der Waals surface area contributed by atoms with Crippen LogP contribution in [0.3, 0.4) is 0 Å². The molecule has 0 N–H and O–H groups in total. The molecule has 1 aromatic heterocycles. The molecular formula is C16H18ClN3OS. The van der Waals surface area contributed by atoms with Crippen LogP contribution >= 0.6 is 23.4 Å². The average Bonchev–Trinajstić information content (AvgIpc) is 2.54. The molecular weight excluding hydrogens is 318 g/mol. The van der Waals surface area contributed by atoms with E-state index in [1.807, 2.05) is 24.3 Å². The van der Waals surface area contributed by atoms with Crippen molar-refractivity contribution in [3.63, 3.8) is 0 Å². The molecule has 1 saturated heterocycles. The van der Waals surface area contributed by atoms with E-state index in [-0.39, 0.29) is 0 Å². The maximum atomic E-state index is 6.11. The van der Waals surface area contributed by atoms with Crippen molar-refractivity contribution in [2.45, 2.75) is 23.6 Å². The summed E-state index contributed by atoms with van der Waals surface area (Å²) in [6.07, 6.45) is 0. The van der Waals surface area contributed by atoms with E-state index in [1.165, 1.54) is 4.90 Å². The molecule has 0 aliphatic carbocycles. The summed E-state index contributed by atoms with van der Waals surface area (Å²) in [5, 5.41) is 0.305. The Morgan fingerprint density at radius 2 is 2.14 bits per heavy atom. The summed E-state index contributed by atoms with van der Waals surface area (Å²) in [6, 6.07) is 12.6. The van der Waals surface area contributed by atoms with Crippen molar-refractivity contribution in [1.29, 1.82) is 0 Å². The highest BCUT2D eigenvalue weighted by atomic mass is 35.5. The summed E-state index contributed by atoms with van der Waals surface area (Å²) >= 11 is 7.86. The van der Waals surface area contributed by atoms with E-state index >= 15 is 0 Å². The van der Waals surface area contributed by atoms with Gasteiger partial charge in [0.15, 0.2) is 0 Å². The zero-order valence-electron chi connectivity index (χ0n) is 12.4. The first-order valence-electron chi connectivity index (χ1n) is 7.28. The van der Waals surface area contributed by atoms with Crippen molar-refractivity contribution in [3.8, 4) is 0 Å². The van der Waals surface area contributed by atoms with Crippen LogP contribution in [-0.2, 0) is 10.5 Å². The van der Waals surface area contributed by atoms with Crippen molar-refractivity contribution in [2.24, 2.45) is 0 Å². The van der Waals surface area contributed by atoms with Crippen LogP contribution in [0.25, 0.3) is 0 Å². The second-order valence-corrected chi connectivity index (χ2v) is 6.59. The molecule has 2 aromatic rings. The second-order valence-electron chi connectivity index (χ2n) is 5.21. The van der Waals surface area contributed by atoms with Crippen LogP contribution < -0.4 is 4.90 Å². The summed E-state index contributed by atoms with van der Waals surface area (Å²) in [5.74, 6) is 1.66. The van der Waals surface area contributed by atoms with Gasteiger partial charge < -0.3 is 9.64 Å². The molecule has 1 aliphatic rings. The first-order chi connectivity index (χ1) is 10.7. The molecule has 1 aromatic carbocycles. The third-order valence-corrected chi connectivity index (χ3v) is 4.74. The molecule has 116 valence electrons. The highest BCUT2D eigenvalue weighted by Gasteiger charge is 2.21. The fourth-order valence-electron chi connectivity index (χ4n) is 2.41. The van der Waals surface area contributed by atoms with Gasteiger partial charge in [0.2, 0.25) is 5.28 Å². The van der Waals surface area contributed by atoms with Gasteiger partial charge in [-0.25, -0.2) is 9.97 Å². The number of hydrogen-bond acceptors (Lipinski definition) is 5. The molecule has 3 rings (SSSR count). The van der Waals surface area contributed by atoms with Crippen molar-refractivity contribution in [1.82, 2.24) is 9.97 Å². The van der Waals surface area contributed by atoms with E-state index in [2.05, 4.69) is 33.9 Å². The zero-order valence-corrected chi connectivity index (χ0v) is 14.0. The van der Waals surface area contributed by atoms with Gasteiger partial charge in [-0.15, -0.1) is 11.8 Å². The number of halogens is 1. The Labute approximate surface area is 139 Å². The summed E-state index contributed by atoms with van der Waals surface area (Å²) in [7, 11) is 0. The molecule has 0 amide bonds. The maximum Gasteiger partial charge on any atom is 0.224 e. The lowest BCUT2D eigenvalue weighted by molar-refractivity contribution is 0.0985. The van der Waals surface area contributed by atoms with Gasteiger partial charge in [0, 0.05) is 23.3 Å². The molecule has 0 saturated carbocycles. The van der Waals surface area contributed by atoms with Gasteiger partial charge in [-0.2, -0.15) is 0 Å². The van der Waals surface area contributed by atoms with Crippen LogP contribution in [0.1, 0.15) is 12.6 Å². The Kier molecular flexibility index (Phi) is 5.18. The standard InChI is InChI=1S/C16H18ClN3OS/c1-12-10-21-8-7-20(12)15-9-13(18-16(17)19-15)11-22-14-5-3-2-4-6-14/h2-6,9,12H,7-8,10-11H2,1H3/t12-/m0/s1. The molecule has 1 fully saturated rings. The fourth-order valence-corrected chi connectivity index (χ4v) is 3.42. The van der Waals surface area contributed by atoms with Crippen LogP contribution in [0.4, 0.5) is 5.82 Å². The Morgan fingerprint density at radius 3 is 2.91 bits per heavy atom. The van der Waals surface area contributed by atoms with Crippen molar-refractivity contribution in [2.75, 3.05) is 24.7 Å². The van der Waals surface area contributed by atoms with Crippen molar-refractivity contribution in [3.05, 3.63) is 47.4 Å². The van der Waals surface area contributed by atoms with Crippen LogP contribution in [0, 0.1) is 0 Å². The molecule has 0 unspecified atom stereocenters. The number of rotatable bonds is 4. The van der Waals surface area contributed by atoms with E-state index in [9.17, 15) is 0 Å². The average molecular weight is 336 g/mol. The molecule has 0 spiro atoms. The number of ether oxygens (including phenoxy) is 1. The Balaban J connectivity index is 1.74. The minimum atomic E-state index is 0.300. The molecule has 4 nitrogen and oxygen atoms in total. The maximum absolute atomic E-state index is 6.11. The van der Waals surface area contributed by atoms with Gasteiger partial charge in [0.25, 0.3) is 0 Å². The van der Waals surface area contributed by atoms with Gasteiger partial charge in [0.05, 0.1) is 24.9 Å². The van der Waals surface area contributed by atoms with E-state index < -0.39 is 0 Å². The predicted octanol–water partition coefficient (Wildman–Crippen LogP) is 3.65. The van der Waals surface area contributed by atoms with Crippen LogP contribution in [0.15, 0.2) is 41.3 Å². The third kappa shape index (κ3) is 3.91. The van der Waals surface area contributed by atoms with Gasteiger partial charge >= 0.3 is 0 Å². The van der Waals surface area contributed by atoms with Crippen LogP contribution in [0.5, 0.6) is 0 Å². The Bertz CT molecular complexity index is 626. The molecule has 1 atom stereocenters. The van der Waals surface area contributed by atoms with Gasteiger partial charge in [-0.05, 0) is 30.7 Å². The number of morpholine rings is 1. The van der Waals surface area contributed by atoms with E-state index in [0.717, 1.165) is 37.0 Å². The SMILES string of the molecule is C[C@H]1COCCN1c1cc(CSc2ccccc2)nc(Cl)n1. The highest BCUT2D eigenvalue weighted by molar-refractivity contribution is 7.98. The smallest absolute Gasteiger partial charge is 0.224 e. The quantitative estimate of drug-likeness (QED) is 0.630. The highest BCUT2D eigenvalue weighted by Crippen LogP contribution is 2.25. The monoisotopic (exact) mass is 335 g/mol. The minimum Gasteiger partial charge on any atom is -0.377 e. The molecule has 0 radical (unpaired) electrons. The topological polar surface area (TPSA) is 38.2 Å². The minimum absolute atomic E-state index is 0.300. The fraction of sp³-hybridized carbons (Fsp3) is 0.375. The van der Waals surface area contributed by atoms with Gasteiger partial charge in [0.1, 0.15) is 5.82 Å². The number of benzene rings is 1. The third-order valence-electron chi connectivity index (χ3n) is 3.53. The van der Waals surface area contributed by atoms with Crippen LogP contribution in [0.2, 0.25) is 5.28 Å². The molecule has 1 aliphatic heterocycles. The molecule has 6 heteroatoms. The Hall–Kier alpha value is -1.30. The van der Waals surface area contributed by atoms with Crippen molar-refractivity contribution >= 4 is 29.2 Å². The van der Waals surface area contributed by atoms with Crippen LogP contribution in [-0.4, -0.2) is 35.8 Å². The largest absolute Gasteiger partial charge is 0.377 e. The summed E-state index contributed by atoms with van der Waals surface area (Å²) in [4.78, 5) is 12.2. The summed E-state index contributed by atoms with van der Waals surface area (Å²) < 4.78 is 5.48. The first kappa shape index (κ1) is 15.6. The summed E-state index contributed by atoms with van der Waals surface area (Å²) in [5.41, 5.74) is 0.947. The zero-order chi connectivity index (χ0) is 15.4. The lowest BCUT2D eigenvalue weighted by Gasteiger charge is -2.34. The number of nitrogens with zero attached hydrogens (tertiary/aromatic N) is 3. The molecule has 2 heterocycles. The first-order valence-corrected chi connectivity index (χ1v) is 8.64. The molecule has 22 heavy (non-hydrogen) atoms. The Morgan fingerprint density at radius 1 is 1.32 bits per heavy atom. The van der Waals surface area contributed by atoms with E-state index in [1.54, 1.807) is 11.8 Å². The van der Waals surface area contributed by atoms with Gasteiger partial charge in [-0.3, -0.25) is 0 Å². The number of aromatic nitrogens is 2.